The number of benzene rings is 2. The number of thioether (sulfide) groups is 1. The lowest BCUT2D eigenvalue weighted by Crippen LogP contribution is -2.23. The third-order valence-corrected chi connectivity index (χ3v) is 4.40. The molecular formula is C17H12NO4S-. The number of ether oxygens (including phenoxy) is 1. The Kier molecular flexibility index (Phi) is 4.08. The maximum atomic E-state index is 12.2. The molecule has 0 fully saturated rings. The van der Waals surface area contributed by atoms with E-state index in [1.165, 1.54) is 23.9 Å². The van der Waals surface area contributed by atoms with Crippen LogP contribution in [0.4, 0.5) is 5.69 Å². The van der Waals surface area contributed by atoms with Gasteiger partial charge in [0.1, 0.15) is 5.75 Å². The summed E-state index contributed by atoms with van der Waals surface area (Å²) in [6.07, 6.45) is 1.76. The maximum Gasteiger partial charge on any atom is 0.262 e. The van der Waals surface area contributed by atoms with Gasteiger partial charge in [-0.3, -0.25) is 4.79 Å². The molecule has 1 heterocycles. The number of carboxylic acid groups (broad SMARTS) is 1. The van der Waals surface area contributed by atoms with E-state index in [9.17, 15) is 14.7 Å². The zero-order chi connectivity index (χ0) is 16.4. The summed E-state index contributed by atoms with van der Waals surface area (Å²) >= 11 is 1.29. The van der Waals surface area contributed by atoms with Crippen LogP contribution in [0.15, 0.2) is 52.3 Å². The number of anilines is 1. The number of nitrogens with one attached hydrogen (secondary N) is 1. The molecule has 5 nitrogen and oxygen atoms in total. The molecule has 0 aliphatic carbocycles. The molecule has 0 saturated heterocycles. The van der Waals surface area contributed by atoms with Gasteiger partial charge in [-0.2, -0.15) is 0 Å². The van der Waals surface area contributed by atoms with Gasteiger partial charge in [-0.25, -0.2) is 0 Å². The summed E-state index contributed by atoms with van der Waals surface area (Å²) in [6.45, 7) is 0. The molecule has 2 aromatic rings. The van der Waals surface area contributed by atoms with Gasteiger partial charge in [-0.05, 0) is 41.5 Å². The monoisotopic (exact) mass is 326 g/mol. The molecule has 116 valence electrons. The average Bonchev–Trinajstić information content (AvgIpc) is 2.55. The molecule has 1 aliphatic rings. The van der Waals surface area contributed by atoms with E-state index in [0.717, 1.165) is 10.5 Å². The molecule has 0 saturated carbocycles. The highest BCUT2D eigenvalue weighted by molar-refractivity contribution is 8.04. The largest absolute Gasteiger partial charge is 0.545 e. The Labute approximate surface area is 137 Å². The summed E-state index contributed by atoms with van der Waals surface area (Å²) in [5.74, 6) is -0.842. The Balaban J connectivity index is 1.93. The van der Waals surface area contributed by atoms with E-state index in [4.69, 9.17) is 4.74 Å². The Morgan fingerprint density at radius 2 is 2.09 bits per heavy atom. The predicted octanol–water partition coefficient (Wildman–Crippen LogP) is 2.14. The van der Waals surface area contributed by atoms with Gasteiger partial charge in [0.2, 0.25) is 0 Å². The van der Waals surface area contributed by atoms with Gasteiger partial charge in [0.05, 0.1) is 23.7 Å². The number of aromatic carboxylic acids is 1. The maximum absolute atomic E-state index is 12.2. The summed E-state index contributed by atoms with van der Waals surface area (Å²) in [6, 6.07) is 11.9. The zero-order valence-electron chi connectivity index (χ0n) is 12.2. The minimum atomic E-state index is -1.27. The van der Waals surface area contributed by atoms with E-state index in [2.05, 4.69) is 5.32 Å². The molecule has 6 heteroatoms. The average molecular weight is 326 g/mol. The summed E-state index contributed by atoms with van der Waals surface area (Å²) < 4.78 is 5.16. The molecule has 2 aromatic carbocycles. The first-order valence-corrected chi connectivity index (χ1v) is 7.59. The van der Waals surface area contributed by atoms with Crippen molar-refractivity contribution in [2.24, 2.45) is 0 Å². The highest BCUT2D eigenvalue weighted by atomic mass is 32.2. The van der Waals surface area contributed by atoms with E-state index < -0.39 is 5.97 Å². The van der Waals surface area contributed by atoms with Crippen LogP contribution in [0.1, 0.15) is 15.9 Å². The minimum absolute atomic E-state index is 0.0323. The fraction of sp³-hybridized carbons (Fsp3) is 0.0588. The smallest absolute Gasteiger partial charge is 0.262 e. The molecule has 0 bridgehead atoms. The third-order valence-electron chi connectivity index (χ3n) is 3.30. The quantitative estimate of drug-likeness (QED) is 0.874. The minimum Gasteiger partial charge on any atom is -0.545 e. The Bertz CT molecular complexity index is 829. The number of carbonyl (C=O) groups excluding carboxylic acids is 2. The number of rotatable bonds is 3. The highest BCUT2D eigenvalue weighted by Gasteiger charge is 2.21. The summed E-state index contributed by atoms with van der Waals surface area (Å²) in [4.78, 5) is 24.4. The topological polar surface area (TPSA) is 78.5 Å². The second-order valence-corrected chi connectivity index (χ2v) is 5.92. The number of carbonyl (C=O) groups is 2. The first-order chi connectivity index (χ1) is 11.1. The molecule has 1 amide bonds. The highest BCUT2D eigenvalue weighted by Crippen LogP contribution is 2.39. The number of amides is 1. The van der Waals surface area contributed by atoms with Crippen LogP contribution in [-0.4, -0.2) is 19.0 Å². The molecule has 0 atom stereocenters. The molecule has 0 spiro atoms. The van der Waals surface area contributed by atoms with Gasteiger partial charge in [0.15, 0.2) is 0 Å². The molecule has 0 radical (unpaired) electrons. The first-order valence-electron chi connectivity index (χ1n) is 6.77. The van der Waals surface area contributed by atoms with Gasteiger partial charge >= 0.3 is 0 Å². The molecule has 1 N–H and O–H groups in total. The van der Waals surface area contributed by atoms with Crippen molar-refractivity contribution in [3.8, 4) is 5.75 Å². The molecule has 23 heavy (non-hydrogen) atoms. The van der Waals surface area contributed by atoms with Crippen molar-refractivity contribution >= 4 is 35.4 Å². The summed E-state index contributed by atoms with van der Waals surface area (Å²) in [7, 11) is 1.58. The molecular weight excluding hydrogens is 314 g/mol. The lowest BCUT2D eigenvalue weighted by molar-refractivity contribution is -0.255. The van der Waals surface area contributed by atoms with Crippen molar-refractivity contribution < 1.29 is 19.4 Å². The van der Waals surface area contributed by atoms with Crippen molar-refractivity contribution in [1.29, 1.82) is 0 Å². The van der Waals surface area contributed by atoms with Crippen LogP contribution < -0.4 is 15.2 Å². The summed E-state index contributed by atoms with van der Waals surface area (Å²) in [5.41, 5.74) is 1.35. The second-order valence-electron chi connectivity index (χ2n) is 4.84. The zero-order valence-corrected chi connectivity index (χ0v) is 13.0. The van der Waals surface area contributed by atoms with E-state index in [1.54, 1.807) is 19.3 Å². The SMILES string of the molecule is COc1cccc(C=C2Sc3ccc(C(=O)[O-])cc3NC2=O)c1. The van der Waals surface area contributed by atoms with Gasteiger partial charge in [0.25, 0.3) is 5.91 Å². The normalized spacial score (nSPS) is 15.0. The summed E-state index contributed by atoms with van der Waals surface area (Å²) in [5, 5.41) is 13.6. The lowest BCUT2D eigenvalue weighted by Gasteiger charge is -2.19. The fourth-order valence-electron chi connectivity index (χ4n) is 2.17. The Morgan fingerprint density at radius 3 is 2.83 bits per heavy atom. The molecule has 1 aliphatic heterocycles. The second kappa shape index (κ2) is 6.18. The van der Waals surface area contributed by atoms with E-state index >= 15 is 0 Å². The predicted molar refractivity (Wildman–Crippen MR) is 86.2 cm³/mol. The van der Waals surface area contributed by atoms with Crippen LogP contribution in [0.25, 0.3) is 6.08 Å². The number of fused-ring (bicyclic) bond motifs is 1. The van der Waals surface area contributed by atoms with Crippen LogP contribution in [0.2, 0.25) is 0 Å². The van der Waals surface area contributed by atoms with Crippen molar-refractivity contribution in [3.05, 3.63) is 58.5 Å². The fourth-order valence-corrected chi connectivity index (χ4v) is 3.10. The van der Waals surface area contributed by atoms with Crippen LogP contribution in [0.3, 0.4) is 0 Å². The lowest BCUT2D eigenvalue weighted by atomic mass is 10.2. The third kappa shape index (κ3) is 3.22. The number of hydrogen-bond acceptors (Lipinski definition) is 5. The Morgan fingerprint density at radius 1 is 1.26 bits per heavy atom. The van der Waals surface area contributed by atoms with Gasteiger partial charge in [-0.15, -0.1) is 0 Å². The number of hydrogen-bond donors (Lipinski definition) is 1. The first kappa shape index (κ1) is 15.2. The van der Waals surface area contributed by atoms with Crippen LogP contribution in [0, 0.1) is 0 Å². The molecule has 0 unspecified atom stereocenters. The Hall–Kier alpha value is -2.73. The van der Waals surface area contributed by atoms with Crippen molar-refractivity contribution in [2.75, 3.05) is 12.4 Å². The van der Waals surface area contributed by atoms with Crippen LogP contribution in [0.5, 0.6) is 5.75 Å². The number of methoxy groups -OCH3 is 1. The number of carboxylic acids is 1. The standard InChI is InChI=1S/C17H13NO4S/c1-22-12-4-2-3-10(7-12)8-15-16(19)18-13-9-11(17(20)21)5-6-14(13)23-15/h2-9H,1H3,(H,18,19)(H,20,21)/p-1. The van der Waals surface area contributed by atoms with Crippen molar-refractivity contribution in [1.82, 2.24) is 0 Å². The van der Waals surface area contributed by atoms with E-state index in [0.29, 0.717) is 16.3 Å². The van der Waals surface area contributed by atoms with Crippen LogP contribution >= 0.6 is 11.8 Å². The molecule has 0 aromatic heterocycles. The van der Waals surface area contributed by atoms with Crippen LogP contribution in [-0.2, 0) is 4.79 Å². The van der Waals surface area contributed by atoms with E-state index in [-0.39, 0.29) is 11.5 Å². The van der Waals surface area contributed by atoms with Crippen molar-refractivity contribution in [2.45, 2.75) is 4.90 Å². The molecule has 3 rings (SSSR count). The van der Waals surface area contributed by atoms with E-state index in [1.807, 2.05) is 24.3 Å². The van der Waals surface area contributed by atoms with Gasteiger partial charge in [-0.1, -0.05) is 30.0 Å². The van der Waals surface area contributed by atoms with Crippen molar-refractivity contribution in [3.63, 3.8) is 0 Å². The van der Waals surface area contributed by atoms with Gasteiger partial charge < -0.3 is 20.0 Å². The van der Waals surface area contributed by atoms with Gasteiger partial charge in [0, 0.05) is 4.90 Å².